The molecule has 5 aromatic heterocycles. The Kier molecular flexibility index (Phi) is 18.4. The van der Waals surface area contributed by atoms with Gasteiger partial charge in [0.1, 0.15) is 55.6 Å². The minimum Gasteiger partial charge on any atom is -0.449 e. The minimum absolute atomic E-state index is 0.00978. The number of hydrogen-bond donors (Lipinski definition) is 11. The van der Waals surface area contributed by atoms with Crippen LogP contribution < -0.4 is 38.2 Å². The summed E-state index contributed by atoms with van der Waals surface area (Å²) in [4.78, 5) is 102. The van der Waals surface area contributed by atoms with E-state index in [0.29, 0.717) is 6.42 Å². The molecule has 0 aliphatic carbocycles. The molecule has 79 heavy (non-hydrogen) atoms. The molecule has 0 radical (unpaired) electrons. The summed E-state index contributed by atoms with van der Waals surface area (Å²) in [5.41, 5.74) is 7.84. The number of fused-ring (bicyclic) bond motifs is 2. The fourth-order valence-electron chi connectivity index (χ4n) is 8.90. The van der Waals surface area contributed by atoms with Gasteiger partial charge in [-0.15, -0.1) is 4.52 Å². The molecular weight excluding hydrogens is 1150 g/mol. The van der Waals surface area contributed by atoms with Crippen LogP contribution >= 0.6 is 31.5 Å². The number of nitrogens with zero attached hydrogens (tertiary/aromatic N) is 8. The number of unbranched alkanes of at least 4 members (excludes halogenated alkanes) is 2. The zero-order valence-corrected chi connectivity index (χ0v) is 45.1. The monoisotopic (exact) mass is 1200 g/mol. The minimum atomic E-state index is -6.21. The Balaban J connectivity index is 0.947. The number of aliphatic hydroxyl groups excluding tert-OH is 3. The Hall–Kier alpha value is -5.36. The van der Waals surface area contributed by atoms with Crippen molar-refractivity contribution >= 4 is 71.7 Å². The molecule has 0 bridgehead atoms. The van der Waals surface area contributed by atoms with Gasteiger partial charge in [-0.3, -0.25) is 42.3 Å². The van der Waals surface area contributed by atoms with E-state index < -0.39 is 154 Å². The first kappa shape index (κ1) is 59.8. The lowest BCUT2D eigenvalue weighted by atomic mass is 9.99. The number of carbonyl (C=O) groups excluding carboxylic acids is 1. The number of nitrogens with one attached hydrogen (secondary N) is 3. The van der Waals surface area contributed by atoms with Crippen LogP contribution in [-0.4, -0.2) is 168 Å². The summed E-state index contributed by atoms with van der Waals surface area (Å²) >= 11 is 0. The molecule has 16 atom stereocenters. The molecular formula is C38H55N13O24P4+2. The van der Waals surface area contributed by atoms with Crippen molar-refractivity contribution < 1.29 is 103 Å². The van der Waals surface area contributed by atoms with Crippen molar-refractivity contribution in [2.45, 2.75) is 93.3 Å². The molecule has 3 aliphatic heterocycles. The first-order chi connectivity index (χ1) is 37.3. The number of rotatable bonds is 24. The lowest BCUT2D eigenvalue weighted by Gasteiger charge is -2.22. The Morgan fingerprint density at radius 3 is 2.25 bits per heavy atom. The standard InChI is InChI=1S/C38H53N13O24P4/c1-4-5-6-8-41-38(58)67-10-17-18(71-33(24(17)53)51-16-48(2)23-31(51)46-36(40)47-32(23)56)12-69-77(60,61)74-79(64,65)75-78(62,63)70-13-20-28(27(66-3)35(73-20)50-15-44-22-29(39)42-14-43-30(22)50)76(59)68-11-19-25(54)26(55)34(72-19)49-9-7-21(52)45-37(49)57/h7,9,14-20,24-28,33-35,53-55H,4-6,8,10-13H2,1-3H3,(H8-2,39,40,41,42,43,45,46,47,52,56,57,58,60,61,62,63,64,65)/p+2/t17-,18-,19?,20-,24-,25-,26-,27-,28-,33-,34-,35-/m1/s1. The van der Waals surface area contributed by atoms with Gasteiger partial charge in [0.15, 0.2) is 36.4 Å². The van der Waals surface area contributed by atoms with Crippen LogP contribution in [0.15, 0.2) is 45.6 Å². The van der Waals surface area contributed by atoms with Gasteiger partial charge in [-0.2, -0.15) is 8.62 Å². The van der Waals surface area contributed by atoms with Gasteiger partial charge in [0.05, 0.1) is 38.6 Å². The van der Waals surface area contributed by atoms with Crippen molar-refractivity contribution in [2.75, 3.05) is 51.5 Å². The molecule has 0 aromatic carbocycles. The number of phosphoric acid groups is 3. The van der Waals surface area contributed by atoms with Crippen molar-refractivity contribution in [1.29, 1.82) is 0 Å². The van der Waals surface area contributed by atoms with Crippen LogP contribution in [0.2, 0.25) is 0 Å². The van der Waals surface area contributed by atoms with E-state index in [1.165, 1.54) is 33.4 Å². The molecule has 0 saturated carbocycles. The molecule has 13 N–H and O–H groups in total. The second kappa shape index (κ2) is 24.4. The number of alkyl carbamates (subject to hydrolysis) is 1. The molecule has 434 valence electrons. The van der Waals surface area contributed by atoms with Crippen LogP contribution in [0.3, 0.4) is 0 Å². The van der Waals surface area contributed by atoms with Gasteiger partial charge >= 0.3 is 48.9 Å². The number of aromatic amines is 2. The Labute approximate surface area is 443 Å². The number of methoxy groups -OCH3 is 1. The molecule has 8 heterocycles. The average molecular weight is 1200 g/mol. The lowest BCUT2D eigenvalue weighted by molar-refractivity contribution is -0.745. The zero-order chi connectivity index (χ0) is 57.3. The van der Waals surface area contributed by atoms with Gasteiger partial charge in [0, 0.05) is 25.9 Å². The van der Waals surface area contributed by atoms with Gasteiger partial charge in [-0.1, -0.05) is 24.7 Å². The number of amides is 1. The van der Waals surface area contributed by atoms with E-state index in [-0.39, 0.29) is 40.6 Å². The SMILES string of the molecule is CCCCCNC(=O)OC[C@H]1[C@@H](O)[C@H]([n+]2cn(C)c3c(=O)[nH]c(N)nc32)O[C@@H]1COP(=O)(O)OP(=O)(O)OP(=O)(O)OC[C@H]1O[C@@H](n2cnc3c(N)ncnc32)[C@H](OC)[C@@H]1[P+](=O)OCC1O[C@@H](n2ccc(=O)[nH]c2=O)[C@H](O)[C@@H]1O. The third kappa shape index (κ3) is 13.4. The number of nitrogens with two attached hydrogens (primary N) is 2. The van der Waals surface area contributed by atoms with E-state index in [9.17, 15) is 67.4 Å². The van der Waals surface area contributed by atoms with Crippen LogP contribution in [0.25, 0.3) is 22.3 Å². The van der Waals surface area contributed by atoms with Crippen LogP contribution in [0.4, 0.5) is 16.6 Å². The highest BCUT2D eigenvalue weighted by atomic mass is 31.3. The molecule has 5 unspecified atom stereocenters. The molecule has 0 spiro atoms. The fraction of sp³-hybridized carbons (Fsp3) is 0.605. The highest BCUT2D eigenvalue weighted by Gasteiger charge is 2.60. The van der Waals surface area contributed by atoms with Crippen LogP contribution in [-0.2, 0) is 71.2 Å². The third-order valence-corrected chi connectivity index (χ3v) is 18.3. The van der Waals surface area contributed by atoms with Crippen LogP contribution in [0.5, 0.6) is 0 Å². The number of anilines is 2. The Morgan fingerprint density at radius 2 is 1.57 bits per heavy atom. The van der Waals surface area contributed by atoms with Gasteiger partial charge in [0.2, 0.25) is 17.4 Å². The normalized spacial score (nSPS) is 28.6. The average Bonchev–Trinajstić information content (AvgIpc) is 4.29. The lowest BCUT2D eigenvalue weighted by Crippen LogP contribution is -2.46. The molecule has 3 aliphatic rings. The summed E-state index contributed by atoms with van der Waals surface area (Å²) in [5.74, 6) is -1.65. The number of nitrogen functional groups attached to an aromatic ring is 2. The molecule has 3 saturated heterocycles. The maximum Gasteiger partial charge on any atom is 0.517 e. The highest BCUT2D eigenvalue weighted by molar-refractivity contribution is 7.66. The van der Waals surface area contributed by atoms with Crippen molar-refractivity contribution in [1.82, 2.24) is 48.9 Å². The molecule has 5 aromatic rings. The van der Waals surface area contributed by atoms with E-state index >= 15 is 0 Å². The summed E-state index contributed by atoms with van der Waals surface area (Å²) in [6.07, 6.45) is -9.58. The van der Waals surface area contributed by atoms with E-state index in [0.717, 1.165) is 43.1 Å². The van der Waals surface area contributed by atoms with E-state index in [1.54, 1.807) is 0 Å². The number of H-pyrrole nitrogens is 2. The van der Waals surface area contributed by atoms with Crippen molar-refractivity contribution in [3.8, 4) is 0 Å². The fourth-order valence-corrected chi connectivity index (χ4v) is 13.8. The second-order valence-electron chi connectivity index (χ2n) is 17.9. The molecule has 37 nitrogen and oxygen atoms in total. The zero-order valence-electron chi connectivity index (χ0n) is 41.5. The maximum atomic E-state index is 14.2. The number of imidazole rings is 2. The van der Waals surface area contributed by atoms with Crippen LogP contribution in [0, 0.1) is 5.92 Å². The first-order valence-electron chi connectivity index (χ1n) is 23.6. The topological polar surface area (TPSA) is 516 Å². The summed E-state index contributed by atoms with van der Waals surface area (Å²) in [5, 5.41) is 35.6. The van der Waals surface area contributed by atoms with Crippen LogP contribution in [0.1, 0.15) is 44.9 Å². The highest BCUT2D eigenvalue weighted by Crippen LogP contribution is 2.68. The molecule has 3 fully saturated rings. The van der Waals surface area contributed by atoms with Gasteiger partial charge in [-0.25, -0.2) is 42.8 Å². The third-order valence-electron chi connectivity index (χ3n) is 12.6. The van der Waals surface area contributed by atoms with Gasteiger partial charge in [0.25, 0.3) is 17.1 Å². The van der Waals surface area contributed by atoms with E-state index in [4.69, 9.17) is 48.7 Å². The molecule has 41 heteroatoms. The summed E-state index contributed by atoms with van der Waals surface area (Å²) in [7, 11) is -18.5. The Morgan fingerprint density at radius 1 is 0.873 bits per heavy atom. The Bertz CT molecular complexity index is 3380. The summed E-state index contributed by atoms with van der Waals surface area (Å²) in [6.45, 7) is -1.39. The number of aryl methyl sites for hydroxylation is 1. The predicted octanol–water partition coefficient (Wildman–Crippen LogP) is -2.08. The second-order valence-corrected chi connectivity index (χ2v) is 23.9. The molecule has 8 rings (SSSR count). The van der Waals surface area contributed by atoms with Crippen molar-refractivity contribution in [3.63, 3.8) is 0 Å². The number of ether oxygens (including phenoxy) is 5. The smallest absolute Gasteiger partial charge is 0.449 e. The largest absolute Gasteiger partial charge is 0.517 e. The van der Waals surface area contributed by atoms with Crippen molar-refractivity contribution in [3.05, 3.63) is 62.4 Å². The number of aliphatic hydroxyl groups is 3. The van der Waals surface area contributed by atoms with E-state index in [1.807, 2.05) is 11.9 Å². The quantitative estimate of drug-likeness (QED) is 0.0179. The maximum absolute atomic E-state index is 14.2. The molecule has 1 amide bonds. The number of aromatic nitrogens is 10. The van der Waals surface area contributed by atoms with Gasteiger partial charge < -0.3 is 70.5 Å². The number of carbonyl (C=O) groups is 1. The van der Waals surface area contributed by atoms with Crippen molar-refractivity contribution in [2.24, 2.45) is 13.0 Å². The number of phosphoric ester groups is 2. The first-order valence-corrected chi connectivity index (χ1v) is 29.3. The van der Waals surface area contributed by atoms with E-state index in [2.05, 4.69) is 38.9 Å². The number of hydrogen-bond acceptors (Lipinski definition) is 27. The summed E-state index contributed by atoms with van der Waals surface area (Å²) in [6, 6.07) is 0.958. The summed E-state index contributed by atoms with van der Waals surface area (Å²) < 4.78 is 111. The predicted molar refractivity (Wildman–Crippen MR) is 261 cm³/mol. The van der Waals surface area contributed by atoms with Gasteiger partial charge in [-0.05, 0) is 11.0 Å².